The van der Waals surface area contributed by atoms with Gasteiger partial charge in [0.25, 0.3) is 5.56 Å². The van der Waals surface area contributed by atoms with E-state index in [9.17, 15) is 19.5 Å². The Kier molecular flexibility index (Phi) is 4.10. The van der Waals surface area contributed by atoms with Crippen LogP contribution in [0.3, 0.4) is 0 Å². The molecule has 0 spiro atoms. The third kappa shape index (κ3) is 3.01. The third-order valence-electron chi connectivity index (χ3n) is 3.98. The number of rotatable bonds is 3. The van der Waals surface area contributed by atoms with Gasteiger partial charge in [0.15, 0.2) is 5.78 Å². The monoisotopic (exact) mass is 337 g/mol. The Morgan fingerprint density at radius 1 is 1.20 bits per heavy atom. The number of allylic oxidation sites excluding steroid dienone is 1. The summed E-state index contributed by atoms with van der Waals surface area (Å²) in [4.78, 5) is 36.4. The molecule has 0 radical (unpaired) electrons. The fourth-order valence-corrected chi connectivity index (χ4v) is 2.48. The van der Waals surface area contributed by atoms with Gasteiger partial charge < -0.3 is 14.1 Å². The first kappa shape index (κ1) is 16.4. The minimum Gasteiger partial charge on any atom is -0.507 e. The zero-order valence-electron chi connectivity index (χ0n) is 13.6. The molecule has 2 heterocycles. The van der Waals surface area contributed by atoms with Crippen molar-refractivity contribution in [3.63, 3.8) is 0 Å². The molecular weight excluding hydrogens is 322 g/mol. The van der Waals surface area contributed by atoms with Crippen LogP contribution in [0.5, 0.6) is 5.75 Å². The summed E-state index contributed by atoms with van der Waals surface area (Å²) in [5.41, 5.74) is -0.384. The van der Waals surface area contributed by atoms with Crippen LogP contribution < -0.4 is 11.2 Å². The number of benzene rings is 1. The molecule has 6 nitrogen and oxygen atoms in total. The average molecular weight is 337 g/mol. The van der Waals surface area contributed by atoms with E-state index in [2.05, 4.69) is 0 Å². The highest BCUT2D eigenvalue weighted by molar-refractivity contribution is 6.08. The van der Waals surface area contributed by atoms with E-state index in [-0.39, 0.29) is 16.9 Å². The molecule has 3 rings (SSSR count). The maximum absolute atomic E-state index is 12.3. The second kappa shape index (κ2) is 6.24. The van der Waals surface area contributed by atoms with Crippen molar-refractivity contribution < 1.29 is 14.3 Å². The molecule has 1 aromatic carbocycles. The van der Waals surface area contributed by atoms with Crippen molar-refractivity contribution in [2.45, 2.75) is 6.92 Å². The maximum atomic E-state index is 12.3. The van der Waals surface area contributed by atoms with Crippen LogP contribution in [-0.2, 0) is 7.05 Å². The van der Waals surface area contributed by atoms with E-state index in [0.29, 0.717) is 16.7 Å². The quantitative estimate of drug-likeness (QED) is 0.450. The lowest BCUT2D eigenvalue weighted by Gasteiger charge is -2.07. The summed E-state index contributed by atoms with van der Waals surface area (Å²) in [5, 5.41) is 10.6. The van der Waals surface area contributed by atoms with Crippen LogP contribution in [0.15, 0.2) is 56.5 Å². The van der Waals surface area contributed by atoms with E-state index in [1.54, 1.807) is 37.3 Å². The molecule has 25 heavy (non-hydrogen) atoms. The number of aryl methyl sites for hydroxylation is 1. The number of aromatic hydroxyl groups is 1. The molecule has 0 atom stereocenters. The molecule has 6 heteroatoms. The van der Waals surface area contributed by atoms with Crippen molar-refractivity contribution in [3.8, 4) is 5.75 Å². The van der Waals surface area contributed by atoms with Gasteiger partial charge in [-0.1, -0.05) is 18.2 Å². The number of carbonyl (C=O) groups excluding carboxylic acids is 1. The topological polar surface area (TPSA) is 89.5 Å². The van der Waals surface area contributed by atoms with Crippen LogP contribution >= 0.6 is 0 Å². The molecule has 126 valence electrons. The average Bonchev–Trinajstić information content (AvgIpc) is 2.58. The minimum atomic E-state index is -0.689. The van der Waals surface area contributed by atoms with E-state index < -0.39 is 17.0 Å². The van der Waals surface area contributed by atoms with Gasteiger partial charge in [-0.2, -0.15) is 0 Å². The van der Waals surface area contributed by atoms with E-state index in [4.69, 9.17) is 4.42 Å². The van der Waals surface area contributed by atoms with Crippen LogP contribution in [0.25, 0.3) is 17.0 Å². The van der Waals surface area contributed by atoms with Gasteiger partial charge in [0.05, 0.1) is 5.56 Å². The first-order valence-corrected chi connectivity index (χ1v) is 7.53. The molecule has 2 aromatic heterocycles. The van der Waals surface area contributed by atoms with Crippen molar-refractivity contribution in [2.24, 2.45) is 7.05 Å². The predicted molar refractivity (Wildman–Crippen MR) is 93.9 cm³/mol. The minimum absolute atomic E-state index is 0.176. The third-order valence-corrected chi connectivity index (χ3v) is 3.98. The Bertz CT molecular complexity index is 1130. The Morgan fingerprint density at radius 2 is 1.92 bits per heavy atom. The van der Waals surface area contributed by atoms with Crippen LogP contribution in [0.2, 0.25) is 0 Å². The van der Waals surface area contributed by atoms with E-state index in [1.807, 2.05) is 0 Å². The van der Waals surface area contributed by atoms with Crippen LogP contribution in [0.4, 0.5) is 0 Å². The van der Waals surface area contributed by atoms with Crippen molar-refractivity contribution in [1.82, 2.24) is 4.57 Å². The van der Waals surface area contributed by atoms with Gasteiger partial charge in [-0.25, -0.2) is 4.79 Å². The number of nitrogens with zero attached hydrogens (tertiary/aromatic N) is 1. The fourth-order valence-electron chi connectivity index (χ4n) is 2.48. The standard InChI is InChI=1S/C19H15NO5/c1-11-9-15(22)17(18(23)20(11)2)14(21)8-7-13-10-12-5-3-4-6-16(12)25-19(13)24/h3-10,22H,1-2H3/b8-7+. The first-order chi connectivity index (χ1) is 11.9. The summed E-state index contributed by atoms with van der Waals surface area (Å²) < 4.78 is 6.45. The lowest BCUT2D eigenvalue weighted by atomic mass is 10.1. The van der Waals surface area contributed by atoms with Gasteiger partial charge in [-0.05, 0) is 31.2 Å². The highest BCUT2D eigenvalue weighted by atomic mass is 16.4. The molecule has 0 fully saturated rings. The Morgan fingerprint density at radius 3 is 2.68 bits per heavy atom. The number of pyridine rings is 1. The zero-order valence-corrected chi connectivity index (χ0v) is 13.6. The molecule has 3 aromatic rings. The number of carbonyl (C=O) groups is 1. The Labute approximate surface area is 142 Å². The fraction of sp³-hybridized carbons (Fsp3) is 0.105. The van der Waals surface area contributed by atoms with Gasteiger partial charge in [0.2, 0.25) is 0 Å². The summed E-state index contributed by atoms with van der Waals surface area (Å²) in [5.74, 6) is -1.08. The predicted octanol–water partition coefficient (Wildman–Crippen LogP) is 2.40. The molecule has 0 saturated heterocycles. The molecule has 0 aliphatic rings. The van der Waals surface area contributed by atoms with Crippen molar-refractivity contribution in [1.29, 1.82) is 0 Å². The normalized spacial score (nSPS) is 11.3. The maximum Gasteiger partial charge on any atom is 0.343 e. The highest BCUT2D eigenvalue weighted by Gasteiger charge is 2.16. The molecule has 0 aliphatic carbocycles. The van der Waals surface area contributed by atoms with Crippen molar-refractivity contribution in [2.75, 3.05) is 0 Å². The van der Waals surface area contributed by atoms with Crippen molar-refractivity contribution in [3.05, 3.63) is 80.1 Å². The molecule has 0 amide bonds. The smallest absolute Gasteiger partial charge is 0.343 e. The van der Waals surface area contributed by atoms with Crippen LogP contribution in [-0.4, -0.2) is 15.5 Å². The number of fused-ring (bicyclic) bond motifs is 1. The highest BCUT2D eigenvalue weighted by Crippen LogP contribution is 2.17. The van der Waals surface area contributed by atoms with E-state index in [0.717, 1.165) is 6.08 Å². The molecule has 0 aliphatic heterocycles. The Balaban J connectivity index is 2.02. The second-order valence-corrected chi connectivity index (χ2v) is 5.63. The molecular formula is C19H15NO5. The largest absolute Gasteiger partial charge is 0.507 e. The Hall–Kier alpha value is -3.41. The molecule has 0 saturated carbocycles. The summed E-state index contributed by atoms with van der Waals surface area (Å²) in [6.45, 7) is 1.64. The van der Waals surface area contributed by atoms with Gasteiger partial charge in [-0.15, -0.1) is 0 Å². The van der Waals surface area contributed by atoms with Gasteiger partial charge in [-0.3, -0.25) is 9.59 Å². The lowest BCUT2D eigenvalue weighted by molar-refractivity contribution is 0.104. The van der Waals surface area contributed by atoms with Crippen LogP contribution in [0.1, 0.15) is 21.6 Å². The molecule has 0 unspecified atom stereocenters. The summed E-state index contributed by atoms with van der Waals surface area (Å²) in [7, 11) is 1.51. The number of aromatic nitrogens is 1. The van der Waals surface area contributed by atoms with Gasteiger partial charge in [0.1, 0.15) is 16.9 Å². The first-order valence-electron chi connectivity index (χ1n) is 7.53. The van der Waals surface area contributed by atoms with Gasteiger partial charge in [0, 0.05) is 24.2 Å². The summed E-state index contributed by atoms with van der Waals surface area (Å²) in [6.07, 6.45) is 2.35. The SMILES string of the molecule is Cc1cc(O)c(C(=O)/C=C/c2cc3ccccc3oc2=O)c(=O)n1C. The number of para-hydroxylation sites is 1. The van der Waals surface area contributed by atoms with E-state index in [1.165, 1.54) is 23.8 Å². The molecule has 1 N–H and O–H groups in total. The summed E-state index contributed by atoms with van der Waals surface area (Å²) in [6, 6.07) is 9.93. The number of ketones is 1. The second-order valence-electron chi connectivity index (χ2n) is 5.63. The van der Waals surface area contributed by atoms with Crippen molar-refractivity contribution >= 4 is 22.8 Å². The number of hydrogen-bond donors (Lipinski definition) is 1. The van der Waals surface area contributed by atoms with Gasteiger partial charge >= 0.3 is 5.63 Å². The lowest BCUT2D eigenvalue weighted by Crippen LogP contribution is -2.25. The molecule has 0 bridgehead atoms. The number of hydrogen-bond acceptors (Lipinski definition) is 5. The van der Waals surface area contributed by atoms with Crippen LogP contribution in [0, 0.1) is 6.92 Å². The summed E-state index contributed by atoms with van der Waals surface area (Å²) >= 11 is 0. The zero-order chi connectivity index (χ0) is 18.1. The van der Waals surface area contributed by atoms with E-state index >= 15 is 0 Å².